The fourth-order valence-corrected chi connectivity index (χ4v) is 2.88. The highest BCUT2D eigenvalue weighted by Crippen LogP contribution is 2.31. The molecule has 0 saturated heterocycles. The van der Waals surface area contributed by atoms with Gasteiger partial charge in [-0.25, -0.2) is 0 Å². The summed E-state index contributed by atoms with van der Waals surface area (Å²) in [7, 11) is 0. The molecule has 4 nitrogen and oxygen atoms in total. The van der Waals surface area contributed by atoms with Crippen LogP contribution in [-0.4, -0.2) is 11.9 Å². The third kappa shape index (κ3) is 3.51. The highest BCUT2D eigenvalue weighted by molar-refractivity contribution is 5.82. The molecule has 0 aliphatic heterocycles. The van der Waals surface area contributed by atoms with Crippen LogP contribution in [0.15, 0.2) is 18.2 Å². The average molecular weight is 275 g/mol. The Morgan fingerprint density at radius 1 is 1.45 bits per heavy atom. The molecule has 1 aromatic rings. The molecular formula is C16H25N3O. The summed E-state index contributed by atoms with van der Waals surface area (Å²) >= 11 is 0. The Morgan fingerprint density at radius 2 is 2.20 bits per heavy atom. The number of hydrogen-bond acceptors (Lipinski definition) is 3. The van der Waals surface area contributed by atoms with Crippen LogP contribution in [0.2, 0.25) is 0 Å². The van der Waals surface area contributed by atoms with Crippen molar-refractivity contribution in [3.05, 3.63) is 29.3 Å². The fraction of sp³-hybridized carbons (Fsp3) is 0.562. The molecule has 0 heterocycles. The van der Waals surface area contributed by atoms with Crippen molar-refractivity contribution >= 4 is 11.6 Å². The number of nitrogens with one attached hydrogen (secondary N) is 1. The molecule has 110 valence electrons. The molecule has 2 rings (SSSR count). The molecule has 0 fully saturated rings. The monoisotopic (exact) mass is 275 g/mol. The molecule has 0 saturated carbocycles. The Labute approximate surface area is 120 Å². The molecule has 1 amide bonds. The van der Waals surface area contributed by atoms with E-state index >= 15 is 0 Å². The van der Waals surface area contributed by atoms with E-state index in [9.17, 15) is 4.79 Å². The first-order chi connectivity index (χ1) is 9.47. The van der Waals surface area contributed by atoms with E-state index in [1.165, 1.54) is 11.1 Å². The van der Waals surface area contributed by atoms with Gasteiger partial charge in [0.1, 0.15) is 0 Å². The van der Waals surface area contributed by atoms with Gasteiger partial charge in [-0.3, -0.25) is 4.79 Å². The van der Waals surface area contributed by atoms with E-state index in [0.717, 1.165) is 24.9 Å². The summed E-state index contributed by atoms with van der Waals surface area (Å²) in [5, 5.41) is 3.09. The van der Waals surface area contributed by atoms with Gasteiger partial charge < -0.3 is 16.8 Å². The van der Waals surface area contributed by atoms with Crippen LogP contribution in [0, 0.1) is 5.92 Å². The summed E-state index contributed by atoms with van der Waals surface area (Å²) in [4.78, 5) is 12.2. The third-order valence-corrected chi connectivity index (χ3v) is 3.86. The van der Waals surface area contributed by atoms with Gasteiger partial charge in [0.25, 0.3) is 0 Å². The number of nitrogens with two attached hydrogens (primary N) is 2. The number of amides is 1. The summed E-state index contributed by atoms with van der Waals surface area (Å²) in [6.07, 6.45) is 3.79. The van der Waals surface area contributed by atoms with Gasteiger partial charge in [-0.05, 0) is 54.9 Å². The maximum absolute atomic E-state index is 12.2. The molecule has 2 atom stereocenters. The zero-order valence-electron chi connectivity index (χ0n) is 12.4. The van der Waals surface area contributed by atoms with E-state index in [2.05, 4.69) is 19.2 Å². The van der Waals surface area contributed by atoms with E-state index in [0.29, 0.717) is 12.3 Å². The number of rotatable bonds is 4. The standard InChI is InChI=1S/C16H25N3O/c1-10(2)8-14(18)16(20)19-15-5-3-4-11-9-12(17)6-7-13(11)15/h6-7,9-10,14-15H,3-5,8,17-18H2,1-2H3,(H,19,20)/t14-,15?/m0/s1. The number of carbonyl (C=O) groups excluding carboxylic acids is 1. The molecule has 1 unspecified atom stereocenters. The summed E-state index contributed by atoms with van der Waals surface area (Å²) < 4.78 is 0. The molecule has 20 heavy (non-hydrogen) atoms. The lowest BCUT2D eigenvalue weighted by Gasteiger charge is -2.28. The highest BCUT2D eigenvalue weighted by atomic mass is 16.2. The average Bonchev–Trinajstić information content (AvgIpc) is 2.37. The lowest BCUT2D eigenvalue weighted by Crippen LogP contribution is -2.43. The van der Waals surface area contributed by atoms with Crippen molar-refractivity contribution in [3.8, 4) is 0 Å². The van der Waals surface area contributed by atoms with Crippen LogP contribution in [0.5, 0.6) is 0 Å². The van der Waals surface area contributed by atoms with Crippen molar-refractivity contribution in [2.45, 2.75) is 51.6 Å². The number of aryl methyl sites for hydroxylation is 1. The second kappa shape index (κ2) is 6.27. The van der Waals surface area contributed by atoms with Crippen molar-refractivity contribution < 1.29 is 4.79 Å². The van der Waals surface area contributed by atoms with Gasteiger partial charge in [0.05, 0.1) is 12.1 Å². The number of nitrogen functional groups attached to an aromatic ring is 1. The van der Waals surface area contributed by atoms with Crippen LogP contribution in [0.4, 0.5) is 5.69 Å². The maximum Gasteiger partial charge on any atom is 0.237 e. The van der Waals surface area contributed by atoms with Crippen LogP contribution in [0.1, 0.15) is 50.3 Å². The molecule has 5 N–H and O–H groups in total. The summed E-state index contributed by atoms with van der Waals surface area (Å²) in [6.45, 7) is 4.15. The predicted molar refractivity (Wildman–Crippen MR) is 82.1 cm³/mol. The maximum atomic E-state index is 12.2. The second-order valence-corrected chi connectivity index (χ2v) is 6.15. The lowest BCUT2D eigenvalue weighted by atomic mass is 9.87. The number of hydrogen-bond donors (Lipinski definition) is 3. The van der Waals surface area contributed by atoms with E-state index in [1.807, 2.05) is 18.2 Å². The van der Waals surface area contributed by atoms with Crippen LogP contribution in [0.25, 0.3) is 0 Å². The minimum absolute atomic E-state index is 0.0478. The molecule has 0 spiro atoms. The summed E-state index contributed by atoms with van der Waals surface area (Å²) in [5.74, 6) is 0.377. The first-order valence-electron chi connectivity index (χ1n) is 7.41. The van der Waals surface area contributed by atoms with Gasteiger partial charge in [0, 0.05) is 5.69 Å². The Morgan fingerprint density at radius 3 is 2.90 bits per heavy atom. The van der Waals surface area contributed by atoms with Crippen molar-refractivity contribution in [3.63, 3.8) is 0 Å². The van der Waals surface area contributed by atoms with E-state index in [4.69, 9.17) is 11.5 Å². The van der Waals surface area contributed by atoms with Crippen LogP contribution >= 0.6 is 0 Å². The number of fused-ring (bicyclic) bond motifs is 1. The Hall–Kier alpha value is -1.55. The molecule has 1 aliphatic carbocycles. The Bertz CT molecular complexity index is 485. The molecule has 1 aliphatic rings. The van der Waals surface area contributed by atoms with Crippen LogP contribution < -0.4 is 16.8 Å². The molecule has 0 bridgehead atoms. The van der Waals surface area contributed by atoms with E-state index in [-0.39, 0.29) is 11.9 Å². The number of benzene rings is 1. The zero-order chi connectivity index (χ0) is 14.7. The van der Waals surface area contributed by atoms with Gasteiger partial charge in [0.15, 0.2) is 0 Å². The predicted octanol–water partition coefficient (Wildman–Crippen LogP) is 2.14. The van der Waals surface area contributed by atoms with E-state index in [1.54, 1.807) is 0 Å². The highest BCUT2D eigenvalue weighted by Gasteiger charge is 2.24. The van der Waals surface area contributed by atoms with Crippen LogP contribution in [0.3, 0.4) is 0 Å². The SMILES string of the molecule is CC(C)C[C@H](N)C(=O)NC1CCCc2cc(N)ccc21. The normalized spacial score (nSPS) is 19.5. The first-order valence-corrected chi connectivity index (χ1v) is 7.41. The molecular weight excluding hydrogens is 250 g/mol. The van der Waals surface area contributed by atoms with Gasteiger partial charge >= 0.3 is 0 Å². The van der Waals surface area contributed by atoms with Crippen molar-refractivity contribution in [1.29, 1.82) is 0 Å². The second-order valence-electron chi connectivity index (χ2n) is 6.15. The molecule has 1 aromatic carbocycles. The Kier molecular flexibility index (Phi) is 4.65. The van der Waals surface area contributed by atoms with Gasteiger partial charge in [0.2, 0.25) is 5.91 Å². The number of carbonyl (C=O) groups is 1. The van der Waals surface area contributed by atoms with Crippen molar-refractivity contribution in [2.24, 2.45) is 11.7 Å². The molecule has 4 heteroatoms. The summed E-state index contributed by atoms with van der Waals surface area (Å²) in [5.41, 5.74) is 15.0. The topological polar surface area (TPSA) is 81.1 Å². The quantitative estimate of drug-likeness (QED) is 0.736. The Balaban J connectivity index is 2.06. The number of anilines is 1. The minimum atomic E-state index is -0.422. The fourth-order valence-electron chi connectivity index (χ4n) is 2.88. The smallest absolute Gasteiger partial charge is 0.237 e. The van der Waals surface area contributed by atoms with Crippen molar-refractivity contribution in [2.75, 3.05) is 5.73 Å². The zero-order valence-corrected chi connectivity index (χ0v) is 12.4. The molecule has 0 radical (unpaired) electrons. The summed E-state index contributed by atoms with van der Waals surface area (Å²) in [6, 6.07) is 5.60. The van der Waals surface area contributed by atoms with E-state index < -0.39 is 6.04 Å². The van der Waals surface area contributed by atoms with Gasteiger partial charge in [-0.1, -0.05) is 19.9 Å². The van der Waals surface area contributed by atoms with Crippen LogP contribution in [-0.2, 0) is 11.2 Å². The minimum Gasteiger partial charge on any atom is -0.399 e. The van der Waals surface area contributed by atoms with Gasteiger partial charge in [-0.2, -0.15) is 0 Å². The third-order valence-electron chi connectivity index (χ3n) is 3.86. The lowest BCUT2D eigenvalue weighted by molar-refractivity contribution is -0.123. The van der Waals surface area contributed by atoms with Crippen molar-refractivity contribution in [1.82, 2.24) is 5.32 Å². The first kappa shape index (κ1) is 14.9. The largest absolute Gasteiger partial charge is 0.399 e. The van der Waals surface area contributed by atoms with Gasteiger partial charge in [-0.15, -0.1) is 0 Å². The molecule has 0 aromatic heterocycles.